The molecule has 1 fully saturated rings. The van der Waals surface area contributed by atoms with Gasteiger partial charge < -0.3 is 39.9 Å². The predicted octanol–water partition coefficient (Wildman–Crippen LogP) is -2.02. The van der Waals surface area contributed by atoms with Crippen LogP contribution >= 0.6 is 7.60 Å². The van der Waals surface area contributed by atoms with Gasteiger partial charge in [-0.3, -0.25) is 9.13 Å². The molecule has 31 heavy (non-hydrogen) atoms. The molecule has 3 rings (SSSR count). The van der Waals surface area contributed by atoms with Gasteiger partial charge in [0.1, 0.15) is 29.9 Å². The highest BCUT2D eigenvalue weighted by Gasteiger charge is 2.46. The summed E-state index contributed by atoms with van der Waals surface area (Å²) in [6, 6.07) is 1.73. The molecular formula is C15H19N6O9P. The van der Waals surface area contributed by atoms with Gasteiger partial charge in [-0.25, -0.2) is 9.78 Å². The van der Waals surface area contributed by atoms with Crippen molar-refractivity contribution >= 4 is 30.5 Å². The Balaban J connectivity index is 1.81. The number of fused-ring (bicyclic) bond motifs is 1. The van der Waals surface area contributed by atoms with Gasteiger partial charge in [0, 0.05) is 0 Å². The van der Waals surface area contributed by atoms with Crippen LogP contribution in [0.2, 0.25) is 0 Å². The van der Waals surface area contributed by atoms with Crippen LogP contribution in [0.15, 0.2) is 6.33 Å². The number of imidazole rings is 1. The van der Waals surface area contributed by atoms with Gasteiger partial charge in [0.25, 0.3) is 5.85 Å². The molecule has 6 N–H and O–H groups in total. The highest BCUT2D eigenvalue weighted by Crippen LogP contribution is 2.43. The van der Waals surface area contributed by atoms with Gasteiger partial charge in [-0.1, -0.05) is 0 Å². The largest absolute Gasteiger partial charge is 0.464 e. The van der Waals surface area contributed by atoms with Crippen molar-refractivity contribution in [3.8, 4) is 6.07 Å². The highest BCUT2D eigenvalue weighted by atomic mass is 31.2. The lowest BCUT2D eigenvalue weighted by atomic mass is 10.1. The van der Waals surface area contributed by atoms with Gasteiger partial charge in [-0.05, 0) is 6.92 Å². The van der Waals surface area contributed by atoms with Crippen LogP contribution in [0, 0.1) is 11.3 Å². The van der Waals surface area contributed by atoms with E-state index in [9.17, 15) is 29.4 Å². The molecule has 0 aliphatic carbocycles. The summed E-state index contributed by atoms with van der Waals surface area (Å²) in [4.78, 5) is 42.2. The molecule has 1 saturated heterocycles. The zero-order valence-electron chi connectivity index (χ0n) is 16.0. The highest BCUT2D eigenvalue weighted by molar-refractivity contribution is 7.53. The molecule has 3 heterocycles. The molecule has 0 saturated carbocycles. The predicted molar refractivity (Wildman–Crippen MR) is 98.8 cm³/mol. The zero-order valence-corrected chi connectivity index (χ0v) is 16.9. The fraction of sp³-hybridized carbons (Fsp3) is 0.533. The number of hydrogen-bond donors (Lipinski definition) is 5. The number of aliphatic hydroxyl groups excluding tert-OH is 2. The minimum absolute atomic E-state index is 0.0569. The van der Waals surface area contributed by atoms with E-state index in [0.29, 0.717) is 0 Å². The number of anilines is 1. The Morgan fingerprint density at radius 3 is 2.74 bits per heavy atom. The van der Waals surface area contributed by atoms with E-state index in [2.05, 4.69) is 19.7 Å². The van der Waals surface area contributed by atoms with E-state index < -0.39 is 50.6 Å². The van der Waals surface area contributed by atoms with Crippen LogP contribution in [0.3, 0.4) is 0 Å². The number of rotatable bonds is 7. The quantitative estimate of drug-likeness (QED) is 0.222. The molecule has 5 atom stereocenters. The van der Waals surface area contributed by atoms with Crippen molar-refractivity contribution < 1.29 is 43.6 Å². The third-order valence-corrected chi connectivity index (χ3v) is 5.34. The van der Waals surface area contributed by atoms with Gasteiger partial charge >= 0.3 is 13.6 Å². The Bertz CT molecular complexity index is 1070. The van der Waals surface area contributed by atoms with Crippen LogP contribution in [0.4, 0.5) is 5.82 Å². The third-order valence-electron chi connectivity index (χ3n) is 4.37. The van der Waals surface area contributed by atoms with E-state index in [1.54, 1.807) is 6.07 Å². The number of aliphatic hydroxyl groups is 2. The van der Waals surface area contributed by atoms with Crippen LogP contribution in [0.25, 0.3) is 11.2 Å². The molecule has 168 valence electrons. The van der Waals surface area contributed by atoms with Crippen molar-refractivity contribution in [2.75, 3.05) is 18.9 Å². The van der Waals surface area contributed by atoms with Crippen LogP contribution in [-0.4, -0.2) is 82.9 Å². The van der Waals surface area contributed by atoms with Crippen molar-refractivity contribution in [2.24, 2.45) is 0 Å². The molecule has 0 bridgehead atoms. The Morgan fingerprint density at radius 2 is 2.13 bits per heavy atom. The van der Waals surface area contributed by atoms with E-state index >= 15 is 0 Å². The molecule has 2 aromatic heterocycles. The number of aromatic nitrogens is 4. The Kier molecular flexibility index (Phi) is 6.53. The number of nitrogen functional groups attached to an aromatic ring is 1. The number of carbonyl (C=O) groups excluding carboxylic acids is 1. The first-order valence-corrected chi connectivity index (χ1v) is 10.5. The van der Waals surface area contributed by atoms with E-state index in [-0.39, 0.29) is 29.4 Å². The van der Waals surface area contributed by atoms with Gasteiger partial charge in [0.2, 0.25) is 5.82 Å². The lowest BCUT2D eigenvalue weighted by Crippen LogP contribution is -2.36. The summed E-state index contributed by atoms with van der Waals surface area (Å²) in [5, 5.41) is 29.7. The standard InChI is InChI=1S/C15H19N6O9P/c1-2-28-14(24)15(31(25,26)27)29-4-6-9(22)10(23)13(30-6)21-5-18-8-11(17)19-7(3-16)20-12(8)21/h5-6,9-10,13,15,22-23H,2,4H2,1H3,(H2,17,19,20)(H2,25,26,27)/t6-,9-,10-,13-,15-/m1/s1. The second-order valence-corrected chi connectivity index (χ2v) is 8.09. The maximum Gasteiger partial charge on any atom is 0.365 e. The van der Waals surface area contributed by atoms with Gasteiger partial charge in [0.05, 0.1) is 19.5 Å². The third kappa shape index (κ3) is 4.50. The van der Waals surface area contributed by atoms with Crippen LogP contribution in [0.5, 0.6) is 0 Å². The second-order valence-electron chi connectivity index (χ2n) is 6.44. The molecule has 2 aromatic rings. The smallest absolute Gasteiger partial charge is 0.365 e. The van der Waals surface area contributed by atoms with Crippen LogP contribution < -0.4 is 5.73 Å². The molecule has 0 amide bonds. The molecule has 0 unspecified atom stereocenters. The molecule has 16 heteroatoms. The minimum Gasteiger partial charge on any atom is -0.464 e. The number of nitrogens with two attached hydrogens (primary N) is 1. The molecule has 0 radical (unpaired) electrons. The first kappa shape index (κ1) is 23.0. The Morgan fingerprint density at radius 1 is 1.42 bits per heavy atom. The van der Waals surface area contributed by atoms with E-state index in [1.807, 2.05) is 0 Å². The molecule has 0 spiro atoms. The lowest BCUT2D eigenvalue weighted by molar-refractivity contribution is -0.155. The number of esters is 1. The Hall–Kier alpha value is -2.70. The van der Waals surface area contributed by atoms with Crippen LogP contribution in [0.1, 0.15) is 19.0 Å². The average Bonchev–Trinajstić information content (AvgIpc) is 3.23. The summed E-state index contributed by atoms with van der Waals surface area (Å²) < 4.78 is 27.9. The van der Waals surface area contributed by atoms with Crippen LogP contribution in [-0.2, 0) is 23.6 Å². The van der Waals surface area contributed by atoms with Crippen molar-refractivity contribution in [2.45, 2.75) is 37.3 Å². The average molecular weight is 458 g/mol. The van der Waals surface area contributed by atoms with Gasteiger partial charge in [0.15, 0.2) is 17.7 Å². The monoisotopic (exact) mass is 458 g/mol. The summed E-state index contributed by atoms with van der Waals surface area (Å²) in [5.41, 5.74) is 5.93. The molecular weight excluding hydrogens is 439 g/mol. The Labute approximate surface area is 174 Å². The zero-order chi connectivity index (χ0) is 22.9. The van der Waals surface area contributed by atoms with Crippen molar-refractivity contribution in [3.63, 3.8) is 0 Å². The summed E-state index contributed by atoms with van der Waals surface area (Å²) in [5.74, 6) is -3.83. The summed E-state index contributed by atoms with van der Waals surface area (Å²) in [7, 11) is -5.04. The fourth-order valence-corrected chi connectivity index (χ4v) is 3.60. The van der Waals surface area contributed by atoms with Crippen molar-refractivity contribution in [1.82, 2.24) is 19.5 Å². The SMILES string of the molecule is CCOC(=O)[C@H](OC[C@H]1O[C@@H](n2cnc3c(N)nc(C#N)nc32)[C@H](O)[C@@H]1O)P(=O)(O)O. The number of hydrogen-bond acceptors (Lipinski definition) is 12. The number of carbonyl (C=O) groups is 1. The lowest BCUT2D eigenvalue weighted by Gasteiger charge is -2.20. The maximum absolute atomic E-state index is 11.8. The van der Waals surface area contributed by atoms with Crippen molar-refractivity contribution in [3.05, 3.63) is 12.2 Å². The summed E-state index contributed by atoms with van der Waals surface area (Å²) >= 11 is 0. The fourth-order valence-electron chi connectivity index (χ4n) is 2.97. The number of nitrogens with zero attached hydrogens (tertiary/aromatic N) is 5. The number of nitriles is 1. The second kappa shape index (κ2) is 8.81. The van der Waals surface area contributed by atoms with Gasteiger partial charge in [-0.2, -0.15) is 15.2 Å². The topological polar surface area (TPSA) is 236 Å². The first-order chi connectivity index (χ1) is 14.6. The summed E-state index contributed by atoms with van der Waals surface area (Å²) in [6.07, 6.45) is -4.43. The number of ether oxygens (including phenoxy) is 3. The summed E-state index contributed by atoms with van der Waals surface area (Å²) in [6.45, 7) is 0.658. The molecule has 1 aliphatic rings. The maximum atomic E-state index is 11.8. The molecule has 1 aliphatic heterocycles. The van der Waals surface area contributed by atoms with Crippen molar-refractivity contribution in [1.29, 1.82) is 5.26 Å². The molecule has 15 nitrogen and oxygen atoms in total. The minimum atomic E-state index is -5.04. The molecule has 0 aromatic carbocycles. The normalized spacial score (nSPS) is 24.8. The van der Waals surface area contributed by atoms with E-state index in [4.69, 9.17) is 20.5 Å². The first-order valence-electron chi connectivity index (χ1n) is 8.83. The van der Waals surface area contributed by atoms with E-state index in [1.165, 1.54) is 17.8 Å². The van der Waals surface area contributed by atoms with E-state index in [0.717, 1.165) is 0 Å². The van der Waals surface area contributed by atoms with Gasteiger partial charge in [-0.15, -0.1) is 0 Å².